The van der Waals surface area contributed by atoms with Gasteiger partial charge in [0.2, 0.25) is 0 Å². The van der Waals surface area contributed by atoms with Crippen LogP contribution in [0, 0.1) is 0 Å². The van der Waals surface area contributed by atoms with Crippen molar-refractivity contribution in [2.24, 2.45) is 0 Å². The van der Waals surface area contributed by atoms with E-state index in [1.807, 2.05) is 7.05 Å². The van der Waals surface area contributed by atoms with Gasteiger partial charge in [0.15, 0.2) is 9.84 Å². The predicted octanol–water partition coefficient (Wildman–Crippen LogP) is 2.84. The average molecular weight is 374 g/mol. The zero-order valence-corrected chi connectivity index (χ0v) is 14.5. The largest absolute Gasteiger partial charge is 0.372 e. The SMILES string of the molecule is CNc1nc(C2CCS(=O)(=O)C2)nc(C2CCCC2)c1Br. The van der Waals surface area contributed by atoms with E-state index in [0.717, 1.165) is 28.8 Å². The first-order valence-corrected chi connectivity index (χ1v) is 10.1. The van der Waals surface area contributed by atoms with Crippen molar-refractivity contribution in [3.63, 3.8) is 0 Å². The number of halogens is 1. The molecule has 7 heteroatoms. The minimum atomic E-state index is -2.92. The minimum Gasteiger partial charge on any atom is -0.372 e. The van der Waals surface area contributed by atoms with E-state index < -0.39 is 9.84 Å². The molecule has 1 aromatic heterocycles. The first kappa shape index (κ1) is 15.2. The van der Waals surface area contributed by atoms with Gasteiger partial charge in [-0.05, 0) is 35.2 Å². The van der Waals surface area contributed by atoms with Crippen LogP contribution in [-0.4, -0.2) is 36.9 Å². The van der Waals surface area contributed by atoms with Gasteiger partial charge in [-0.1, -0.05) is 12.8 Å². The molecule has 0 bridgehead atoms. The fraction of sp³-hybridized carbons (Fsp3) is 0.714. The van der Waals surface area contributed by atoms with Crippen LogP contribution in [0.5, 0.6) is 0 Å². The Bertz CT molecular complexity index is 642. The number of nitrogens with zero attached hydrogens (tertiary/aromatic N) is 2. The van der Waals surface area contributed by atoms with Gasteiger partial charge in [0.25, 0.3) is 0 Å². The summed E-state index contributed by atoms with van der Waals surface area (Å²) >= 11 is 3.61. The summed E-state index contributed by atoms with van der Waals surface area (Å²) in [6.07, 6.45) is 5.42. The van der Waals surface area contributed by atoms with E-state index in [-0.39, 0.29) is 17.4 Å². The van der Waals surface area contributed by atoms with Crippen LogP contribution in [-0.2, 0) is 9.84 Å². The smallest absolute Gasteiger partial charge is 0.151 e. The number of aromatic nitrogens is 2. The molecule has 1 atom stereocenters. The van der Waals surface area contributed by atoms with Crippen LogP contribution in [0.25, 0.3) is 0 Å². The topological polar surface area (TPSA) is 72.0 Å². The van der Waals surface area contributed by atoms with Crippen molar-refractivity contribution < 1.29 is 8.42 Å². The second-order valence-corrected chi connectivity index (χ2v) is 8.98. The summed E-state index contributed by atoms with van der Waals surface area (Å²) in [5.41, 5.74) is 1.05. The molecule has 2 fully saturated rings. The molecule has 3 rings (SSSR count). The maximum Gasteiger partial charge on any atom is 0.151 e. The molecule has 5 nitrogen and oxygen atoms in total. The highest BCUT2D eigenvalue weighted by Gasteiger charge is 2.33. The first-order valence-electron chi connectivity index (χ1n) is 7.45. The van der Waals surface area contributed by atoms with Crippen LogP contribution in [0.1, 0.15) is 55.5 Å². The number of rotatable bonds is 3. The highest BCUT2D eigenvalue weighted by Crippen LogP contribution is 2.40. The molecule has 1 saturated heterocycles. The summed E-state index contributed by atoms with van der Waals surface area (Å²) in [5, 5.41) is 3.10. The molecule has 0 spiro atoms. The highest BCUT2D eigenvalue weighted by atomic mass is 79.9. The van der Waals surface area contributed by atoms with E-state index in [4.69, 9.17) is 4.98 Å². The summed E-state index contributed by atoms with van der Waals surface area (Å²) < 4.78 is 24.3. The maximum absolute atomic E-state index is 11.7. The van der Waals surface area contributed by atoms with Crippen molar-refractivity contribution in [1.82, 2.24) is 9.97 Å². The van der Waals surface area contributed by atoms with Crippen molar-refractivity contribution >= 4 is 31.6 Å². The van der Waals surface area contributed by atoms with Crippen molar-refractivity contribution in [2.45, 2.75) is 43.9 Å². The Morgan fingerprint density at radius 1 is 1.14 bits per heavy atom. The van der Waals surface area contributed by atoms with Gasteiger partial charge >= 0.3 is 0 Å². The van der Waals surface area contributed by atoms with Gasteiger partial charge in [-0.15, -0.1) is 0 Å². The molecular formula is C14H20BrN3O2S. The molecule has 0 radical (unpaired) electrons. The molecule has 1 aromatic rings. The zero-order valence-electron chi connectivity index (χ0n) is 12.1. The number of sulfone groups is 1. The Hall–Kier alpha value is -0.690. The van der Waals surface area contributed by atoms with Gasteiger partial charge in [0.05, 0.1) is 21.7 Å². The van der Waals surface area contributed by atoms with Crippen LogP contribution in [0.4, 0.5) is 5.82 Å². The lowest BCUT2D eigenvalue weighted by molar-refractivity contribution is 0.600. The monoisotopic (exact) mass is 373 g/mol. The lowest BCUT2D eigenvalue weighted by atomic mass is 10.0. The Labute approximate surface area is 134 Å². The number of anilines is 1. The molecule has 1 N–H and O–H groups in total. The maximum atomic E-state index is 11.7. The van der Waals surface area contributed by atoms with E-state index in [0.29, 0.717) is 18.2 Å². The van der Waals surface area contributed by atoms with Gasteiger partial charge in [-0.3, -0.25) is 0 Å². The summed E-state index contributed by atoms with van der Waals surface area (Å²) in [5.74, 6) is 2.30. The number of nitrogens with one attached hydrogen (secondary N) is 1. The Morgan fingerprint density at radius 3 is 2.43 bits per heavy atom. The standard InChI is InChI=1S/C14H20BrN3O2S/c1-16-14-11(15)12(9-4-2-3-5-9)17-13(18-14)10-6-7-21(19,20)8-10/h9-10H,2-8H2,1H3,(H,16,17,18). The van der Waals surface area contributed by atoms with E-state index in [2.05, 4.69) is 26.2 Å². The average Bonchev–Trinajstić information content (AvgIpc) is 3.08. The predicted molar refractivity (Wildman–Crippen MR) is 86.5 cm³/mol. The number of hydrogen-bond acceptors (Lipinski definition) is 5. The Kier molecular flexibility index (Phi) is 4.23. The second-order valence-electron chi connectivity index (χ2n) is 5.96. The van der Waals surface area contributed by atoms with Crippen molar-refractivity contribution in [1.29, 1.82) is 0 Å². The molecule has 1 unspecified atom stereocenters. The summed E-state index contributed by atoms with van der Waals surface area (Å²) in [7, 11) is -1.08. The molecule has 1 aliphatic carbocycles. The summed E-state index contributed by atoms with van der Waals surface area (Å²) in [6, 6.07) is 0. The van der Waals surface area contributed by atoms with Gasteiger partial charge in [-0.2, -0.15) is 0 Å². The van der Waals surface area contributed by atoms with Gasteiger partial charge in [0, 0.05) is 18.9 Å². The van der Waals surface area contributed by atoms with E-state index in [1.54, 1.807) is 0 Å². The Morgan fingerprint density at radius 2 is 1.86 bits per heavy atom. The van der Waals surface area contributed by atoms with Crippen LogP contribution >= 0.6 is 15.9 Å². The molecule has 21 heavy (non-hydrogen) atoms. The molecule has 0 amide bonds. The normalized spacial score (nSPS) is 25.3. The summed E-state index contributed by atoms with van der Waals surface area (Å²) in [4.78, 5) is 9.28. The van der Waals surface area contributed by atoms with E-state index in [1.165, 1.54) is 12.8 Å². The molecule has 116 valence electrons. The molecular weight excluding hydrogens is 354 g/mol. The third-order valence-corrected chi connectivity index (χ3v) is 7.02. The fourth-order valence-corrected chi connectivity index (χ4v) is 5.74. The lowest BCUT2D eigenvalue weighted by Gasteiger charge is -2.17. The second kappa shape index (κ2) is 5.83. The molecule has 1 saturated carbocycles. The molecule has 2 aliphatic rings. The number of hydrogen-bond donors (Lipinski definition) is 1. The van der Waals surface area contributed by atoms with Gasteiger partial charge in [-0.25, -0.2) is 18.4 Å². The summed E-state index contributed by atoms with van der Waals surface area (Å²) in [6.45, 7) is 0. The zero-order chi connectivity index (χ0) is 15.0. The minimum absolute atomic E-state index is 0.0599. The van der Waals surface area contributed by atoms with Crippen LogP contribution in [0.15, 0.2) is 4.47 Å². The third kappa shape index (κ3) is 3.08. The third-order valence-electron chi connectivity index (χ3n) is 4.47. The van der Waals surface area contributed by atoms with Crippen molar-refractivity contribution in [3.8, 4) is 0 Å². The molecule has 2 heterocycles. The van der Waals surface area contributed by atoms with E-state index >= 15 is 0 Å². The first-order chi connectivity index (χ1) is 10.00. The molecule has 0 aromatic carbocycles. The van der Waals surface area contributed by atoms with Gasteiger partial charge < -0.3 is 5.32 Å². The van der Waals surface area contributed by atoms with Crippen molar-refractivity contribution in [3.05, 3.63) is 16.0 Å². The van der Waals surface area contributed by atoms with Crippen LogP contribution < -0.4 is 5.32 Å². The fourth-order valence-electron chi connectivity index (χ4n) is 3.30. The Balaban J connectivity index is 1.99. The highest BCUT2D eigenvalue weighted by molar-refractivity contribution is 9.10. The quantitative estimate of drug-likeness (QED) is 0.881. The van der Waals surface area contributed by atoms with Crippen molar-refractivity contribution in [2.75, 3.05) is 23.9 Å². The van der Waals surface area contributed by atoms with Crippen LogP contribution in [0.2, 0.25) is 0 Å². The molecule has 1 aliphatic heterocycles. The van der Waals surface area contributed by atoms with Crippen LogP contribution in [0.3, 0.4) is 0 Å². The lowest BCUT2D eigenvalue weighted by Crippen LogP contribution is -2.12. The van der Waals surface area contributed by atoms with Gasteiger partial charge in [0.1, 0.15) is 11.6 Å². The van der Waals surface area contributed by atoms with E-state index in [9.17, 15) is 8.42 Å².